The summed E-state index contributed by atoms with van der Waals surface area (Å²) in [6.07, 6.45) is 0. The smallest absolute Gasteiger partial charge is 0.279 e. The summed E-state index contributed by atoms with van der Waals surface area (Å²) < 4.78 is 7.11. The minimum atomic E-state index is -0.342. The van der Waals surface area contributed by atoms with Crippen LogP contribution in [0.1, 0.15) is 21.7 Å². The number of hydrogen-bond acceptors (Lipinski definition) is 5. The monoisotopic (exact) mass is 422 g/mol. The highest BCUT2D eigenvalue weighted by atomic mass is 35.5. The predicted molar refractivity (Wildman–Crippen MR) is 113 cm³/mol. The molecule has 0 saturated carbocycles. The summed E-state index contributed by atoms with van der Waals surface area (Å²) in [5.74, 6) is 2.48. The Balaban J connectivity index is 1.47. The second-order valence-electron chi connectivity index (χ2n) is 6.55. The van der Waals surface area contributed by atoms with Crippen molar-refractivity contribution in [1.29, 1.82) is 0 Å². The maximum absolute atomic E-state index is 12.9. The zero-order valence-electron chi connectivity index (χ0n) is 15.1. The fourth-order valence-electron chi connectivity index (χ4n) is 3.20. The molecule has 6 nitrogen and oxygen atoms in total. The lowest BCUT2D eigenvalue weighted by Gasteiger charge is -2.10. The van der Waals surface area contributed by atoms with Gasteiger partial charge in [-0.1, -0.05) is 47.1 Å². The molecule has 0 saturated heterocycles. The molecule has 4 aromatic rings. The Morgan fingerprint density at radius 2 is 1.90 bits per heavy atom. The van der Waals surface area contributed by atoms with Crippen LogP contribution in [0.5, 0.6) is 0 Å². The largest absolute Gasteiger partial charge is 0.355 e. The number of aromatic nitrogens is 3. The number of nitrogens with one attached hydrogen (secondary N) is 1. The number of fused-ring (bicyclic) bond motifs is 1. The lowest BCUT2D eigenvalue weighted by atomic mass is 10.1. The van der Waals surface area contributed by atoms with Crippen LogP contribution in [0.2, 0.25) is 5.02 Å². The molecule has 2 aromatic heterocycles. The van der Waals surface area contributed by atoms with Crippen molar-refractivity contribution in [1.82, 2.24) is 14.9 Å². The first kappa shape index (κ1) is 18.0. The number of rotatable bonds is 4. The molecule has 1 aliphatic rings. The van der Waals surface area contributed by atoms with Crippen molar-refractivity contribution >= 4 is 35.1 Å². The van der Waals surface area contributed by atoms with Gasteiger partial charge in [-0.05, 0) is 24.3 Å². The molecular weight excluding hydrogens is 408 g/mol. The van der Waals surface area contributed by atoms with Gasteiger partial charge in [0.2, 0.25) is 0 Å². The van der Waals surface area contributed by atoms with Crippen molar-refractivity contribution in [3.63, 3.8) is 0 Å². The molecule has 0 unspecified atom stereocenters. The van der Waals surface area contributed by atoms with E-state index < -0.39 is 0 Å². The van der Waals surface area contributed by atoms with Crippen molar-refractivity contribution in [2.45, 2.75) is 11.5 Å². The summed E-state index contributed by atoms with van der Waals surface area (Å²) in [5.41, 5.74) is 3.92. The van der Waals surface area contributed by atoms with Crippen molar-refractivity contribution < 1.29 is 9.32 Å². The number of halogens is 1. The number of carbonyl (C=O) groups excluding carboxylic acids is 1. The fraction of sp³-hybridized carbons (Fsp3) is 0.0952. The number of carbonyl (C=O) groups is 1. The van der Waals surface area contributed by atoms with E-state index in [0.29, 0.717) is 16.6 Å². The van der Waals surface area contributed by atoms with Gasteiger partial charge in [-0.2, -0.15) is 16.9 Å². The van der Waals surface area contributed by atoms with Crippen LogP contribution in [-0.4, -0.2) is 20.8 Å². The van der Waals surface area contributed by atoms with Crippen LogP contribution in [0.4, 0.5) is 5.82 Å². The van der Waals surface area contributed by atoms with E-state index in [1.807, 2.05) is 42.5 Å². The highest BCUT2D eigenvalue weighted by Gasteiger charge is 2.26. The average Bonchev–Trinajstić information content (AvgIpc) is 3.47. The Hall–Kier alpha value is -3.03. The van der Waals surface area contributed by atoms with E-state index in [4.69, 9.17) is 16.1 Å². The Morgan fingerprint density at radius 1 is 1.10 bits per heavy atom. The molecule has 8 heteroatoms. The number of nitrogens with zero attached hydrogens (tertiary/aromatic N) is 3. The summed E-state index contributed by atoms with van der Waals surface area (Å²) in [6, 6.07) is 18.5. The van der Waals surface area contributed by atoms with Crippen LogP contribution in [0.3, 0.4) is 0 Å². The van der Waals surface area contributed by atoms with E-state index in [-0.39, 0.29) is 11.6 Å². The molecule has 0 atom stereocenters. The van der Waals surface area contributed by atoms with Crippen molar-refractivity contribution in [2.75, 3.05) is 5.32 Å². The number of amides is 1. The van der Waals surface area contributed by atoms with Crippen molar-refractivity contribution in [3.8, 4) is 17.0 Å². The molecule has 1 N–H and O–H groups in total. The molecule has 29 heavy (non-hydrogen) atoms. The van der Waals surface area contributed by atoms with Gasteiger partial charge in [-0.15, -0.1) is 0 Å². The molecule has 0 spiro atoms. The van der Waals surface area contributed by atoms with Crippen LogP contribution >= 0.6 is 23.4 Å². The molecule has 3 heterocycles. The maximum atomic E-state index is 12.9. The van der Waals surface area contributed by atoms with Gasteiger partial charge in [-0.25, -0.2) is 4.68 Å². The van der Waals surface area contributed by atoms with E-state index >= 15 is 0 Å². The normalized spacial score (nSPS) is 12.7. The topological polar surface area (TPSA) is 73.0 Å². The third-order valence-electron chi connectivity index (χ3n) is 4.66. The standard InChI is InChI=1S/C21H15ClN4O2S/c22-14-6-8-15(9-7-14)26-20(16-11-29-12-18(16)24-26)23-21(27)17-10-19(28-25-17)13-4-2-1-3-5-13/h1-10H,11-12H2,(H,23,27). The quantitative estimate of drug-likeness (QED) is 0.490. The van der Waals surface area contributed by atoms with Gasteiger partial charge in [-0.3, -0.25) is 4.79 Å². The van der Waals surface area contributed by atoms with Gasteiger partial charge in [0.05, 0.1) is 11.4 Å². The molecule has 5 rings (SSSR count). The third kappa shape index (κ3) is 3.43. The van der Waals surface area contributed by atoms with Crippen LogP contribution in [0.15, 0.2) is 65.2 Å². The van der Waals surface area contributed by atoms with Gasteiger partial charge in [0.15, 0.2) is 11.5 Å². The second kappa shape index (κ2) is 7.42. The first-order valence-electron chi connectivity index (χ1n) is 8.97. The van der Waals surface area contributed by atoms with Gasteiger partial charge in [0, 0.05) is 33.7 Å². The number of anilines is 1. The Bertz CT molecular complexity index is 1190. The van der Waals surface area contributed by atoms with Gasteiger partial charge in [0.1, 0.15) is 5.82 Å². The predicted octanol–water partition coefficient (Wildman–Crippen LogP) is 5.18. The minimum Gasteiger partial charge on any atom is -0.355 e. The van der Waals surface area contributed by atoms with E-state index in [9.17, 15) is 4.79 Å². The summed E-state index contributed by atoms with van der Waals surface area (Å²) in [4.78, 5) is 12.9. The van der Waals surface area contributed by atoms with E-state index in [2.05, 4.69) is 15.6 Å². The summed E-state index contributed by atoms with van der Waals surface area (Å²) >= 11 is 7.78. The summed E-state index contributed by atoms with van der Waals surface area (Å²) in [6.45, 7) is 0. The molecule has 1 aliphatic heterocycles. The minimum absolute atomic E-state index is 0.215. The molecule has 1 amide bonds. The number of thioether (sulfide) groups is 1. The Kier molecular flexibility index (Phi) is 4.61. The number of hydrogen-bond donors (Lipinski definition) is 1. The maximum Gasteiger partial charge on any atom is 0.279 e. The fourth-order valence-corrected chi connectivity index (χ4v) is 4.36. The average molecular weight is 423 g/mol. The molecular formula is C21H15ClN4O2S. The van der Waals surface area contributed by atoms with Crippen molar-refractivity contribution in [2.24, 2.45) is 0 Å². The van der Waals surface area contributed by atoms with Gasteiger partial charge in [0.25, 0.3) is 5.91 Å². The van der Waals surface area contributed by atoms with Crippen LogP contribution in [0.25, 0.3) is 17.0 Å². The molecule has 0 bridgehead atoms. The zero-order chi connectivity index (χ0) is 19.8. The van der Waals surface area contributed by atoms with Crippen LogP contribution in [0, 0.1) is 0 Å². The van der Waals surface area contributed by atoms with E-state index in [1.54, 1.807) is 34.6 Å². The highest BCUT2D eigenvalue weighted by Crippen LogP contribution is 2.36. The molecule has 2 aromatic carbocycles. The Morgan fingerprint density at radius 3 is 2.69 bits per heavy atom. The lowest BCUT2D eigenvalue weighted by Crippen LogP contribution is -2.16. The van der Waals surface area contributed by atoms with E-state index in [0.717, 1.165) is 34.0 Å². The number of benzene rings is 2. The Labute approximate surface area is 175 Å². The molecule has 144 valence electrons. The van der Waals surface area contributed by atoms with Gasteiger partial charge < -0.3 is 9.84 Å². The molecule has 0 radical (unpaired) electrons. The summed E-state index contributed by atoms with van der Waals surface area (Å²) in [7, 11) is 0. The van der Waals surface area contributed by atoms with Gasteiger partial charge >= 0.3 is 0 Å². The molecule has 0 fully saturated rings. The van der Waals surface area contributed by atoms with E-state index in [1.165, 1.54) is 0 Å². The summed E-state index contributed by atoms with van der Waals surface area (Å²) in [5, 5.41) is 12.2. The SMILES string of the molecule is O=C(Nc1c2c(nn1-c1ccc(Cl)cc1)CSC2)c1cc(-c2ccccc2)on1. The van der Waals surface area contributed by atoms with Crippen LogP contribution < -0.4 is 5.32 Å². The molecule has 0 aliphatic carbocycles. The zero-order valence-corrected chi connectivity index (χ0v) is 16.7. The highest BCUT2D eigenvalue weighted by molar-refractivity contribution is 7.98. The lowest BCUT2D eigenvalue weighted by molar-refractivity contribution is 0.101. The second-order valence-corrected chi connectivity index (χ2v) is 7.97. The van der Waals surface area contributed by atoms with Crippen molar-refractivity contribution in [3.05, 3.63) is 82.6 Å². The van der Waals surface area contributed by atoms with Crippen LogP contribution in [-0.2, 0) is 11.5 Å². The first-order valence-corrected chi connectivity index (χ1v) is 10.5. The first-order chi connectivity index (χ1) is 14.2. The third-order valence-corrected chi connectivity index (χ3v) is 5.88.